The molecule has 0 N–H and O–H groups in total. The van der Waals surface area contributed by atoms with Gasteiger partial charge in [0.15, 0.2) is 0 Å². The second-order valence-electron chi connectivity index (χ2n) is 5.30. The maximum atomic E-state index is 6.31. The molecule has 0 aliphatic rings. The van der Waals surface area contributed by atoms with Gasteiger partial charge in [0.1, 0.15) is 11.5 Å². The van der Waals surface area contributed by atoms with E-state index in [4.69, 9.17) is 16.0 Å². The van der Waals surface area contributed by atoms with Crippen molar-refractivity contribution in [1.29, 1.82) is 0 Å². The first kappa shape index (κ1) is 14.6. The van der Waals surface area contributed by atoms with Crippen LogP contribution in [0.2, 0.25) is 5.02 Å². The van der Waals surface area contributed by atoms with E-state index in [-0.39, 0.29) is 0 Å². The molecule has 0 saturated heterocycles. The van der Waals surface area contributed by atoms with Crippen LogP contribution in [0.25, 0.3) is 33.4 Å². The summed E-state index contributed by atoms with van der Waals surface area (Å²) < 4.78 is 7.13. The summed E-state index contributed by atoms with van der Waals surface area (Å²) in [5, 5.41) is 2.74. The van der Waals surface area contributed by atoms with Crippen LogP contribution in [0.5, 0.6) is 0 Å². The smallest absolute Gasteiger partial charge is 0.142 e. The fourth-order valence-corrected chi connectivity index (χ4v) is 3.25. The van der Waals surface area contributed by atoms with Crippen LogP contribution in [0.4, 0.5) is 0 Å². The standard InChI is InChI=1S/C20H12BrClO/c21-17-11-15-16(12-18(17)22)20(14-9-5-2-6-10-14)23-19(15)13-7-3-1-4-8-13/h1-12H. The van der Waals surface area contributed by atoms with Gasteiger partial charge in [0.05, 0.1) is 5.02 Å². The highest BCUT2D eigenvalue weighted by Gasteiger charge is 2.17. The molecule has 112 valence electrons. The molecule has 0 amide bonds. The predicted molar refractivity (Wildman–Crippen MR) is 99.8 cm³/mol. The van der Waals surface area contributed by atoms with Gasteiger partial charge >= 0.3 is 0 Å². The molecule has 0 spiro atoms. The molecule has 4 rings (SSSR count). The molecule has 1 aromatic heterocycles. The summed E-state index contributed by atoms with van der Waals surface area (Å²) in [7, 11) is 0. The van der Waals surface area contributed by atoms with Crippen molar-refractivity contribution in [2.45, 2.75) is 0 Å². The minimum Gasteiger partial charge on any atom is -0.455 e. The van der Waals surface area contributed by atoms with E-state index in [1.165, 1.54) is 0 Å². The minimum atomic E-state index is 0.676. The number of furan rings is 1. The average Bonchev–Trinajstić information content (AvgIpc) is 2.95. The van der Waals surface area contributed by atoms with Crippen LogP contribution >= 0.6 is 27.5 Å². The summed E-state index contributed by atoms with van der Waals surface area (Å²) >= 11 is 9.83. The van der Waals surface area contributed by atoms with Crippen molar-refractivity contribution in [3.8, 4) is 22.6 Å². The van der Waals surface area contributed by atoms with E-state index < -0.39 is 0 Å². The molecule has 23 heavy (non-hydrogen) atoms. The summed E-state index contributed by atoms with van der Waals surface area (Å²) in [6.45, 7) is 0. The topological polar surface area (TPSA) is 13.1 Å². The molecule has 0 aliphatic carbocycles. The first-order valence-corrected chi connectivity index (χ1v) is 8.43. The van der Waals surface area contributed by atoms with Crippen LogP contribution in [-0.2, 0) is 0 Å². The Labute approximate surface area is 147 Å². The van der Waals surface area contributed by atoms with E-state index in [2.05, 4.69) is 28.1 Å². The van der Waals surface area contributed by atoms with Gasteiger partial charge in [-0.3, -0.25) is 0 Å². The van der Waals surface area contributed by atoms with Crippen molar-refractivity contribution < 1.29 is 4.42 Å². The predicted octanol–water partition coefficient (Wildman–Crippen LogP) is 7.18. The van der Waals surface area contributed by atoms with Gasteiger partial charge in [0.25, 0.3) is 0 Å². The van der Waals surface area contributed by atoms with E-state index in [1.54, 1.807) is 0 Å². The van der Waals surface area contributed by atoms with Crippen LogP contribution in [-0.4, -0.2) is 0 Å². The Balaban J connectivity index is 2.07. The molecular weight excluding hydrogens is 372 g/mol. The summed E-state index contributed by atoms with van der Waals surface area (Å²) in [5.41, 5.74) is 2.09. The van der Waals surface area contributed by atoms with E-state index in [9.17, 15) is 0 Å². The third-order valence-electron chi connectivity index (χ3n) is 3.83. The minimum absolute atomic E-state index is 0.676. The second kappa shape index (κ2) is 5.88. The zero-order valence-corrected chi connectivity index (χ0v) is 14.4. The molecule has 3 aromatic carbocycles. The van der Waals surface area contributed by atoms with Crippen LogP contribution in [0.15, 0.2) is 81.7 Å². The first-order valence-electron chi connectivity index (χ1n) is 7.26. The zero-order chi connectivity index (χ0) is 15.8. The summed E-state index contributed by atoms with van der Waals surface area (Å²) in [4.78, 5) is 0. The molecule has 3 heteroatoms. The number of rotatable bonds is 2. The van der Waals surface area contributed by atoms with E-state index in [0.29, 0.717) is 5.02 Å². The first-order chi connectivity index (χ1) is 11.2. The van der Waals surface area contributed by atoms with Crippen LogP contribution in [0, 0.1) is 0 Å². The quantitative estimate of drug-likeness (QED) is 0.357. The summed E-state index contributed by atoms with van der Waals surface area (Å²) in [5.74, 6) is 1.70. The molecule has 0 bridgehead atoms. The zero-order valence-electron chi connectivity index (χ0n) is 12.1. The Kier molecular flexibility index (Phi) is 3.72. The normalized spacial score (nSPS) is 11.0. The Bertz CT molecular complexity index is 895. The molecule has 1 nitrogen and oxygen atoms in total. The van der Waals surface area contributed by atoms with Crippen molar-refractivity contribution in [1.82, 2.24) is 0 Å². The fraction of sp³-hybridized carbons (Fsp3) is 0. The number of hydrogen-bond donors (Lipinski definition) is 0. The van der Waals surface area contributed by atoms with Crippen LogP contribution < -0.4 is 0 Å². The summed E-state index contributed by atoms with van der Waals surface area (Å²) in [6, 6.07) is 24.2. The lowest BCUT2D eigenvalue weighted by Crippen LogP contribution is -1.76. The van der Waals surface area contributed by atoms with Crippen molar-refractivity contribution in [3.63, 3.8) is 0 Å². The Morgan fingerprint density at radius 3 is 1.70 bits per heavy atom. The van der Waals surface area contributed by atoms with Gasteiger partial charge in [-0.05, 0) is 28.1 Å². The molecular formula is C20H12BrClO. The summed E-state index contributed by atoms with van der Waals surface area (Å²) in [6.07, 6.45) is 0. The van der Waals surface area contributed by atoms with Gasteiger partial charge in [-0.15, -0.1) is 0 Å². The number of halogens is 2. The molecule has 4 aromatic rings. The van der Waals surface area contributed by atoms with Gasteiger partial charge in [0.2, 0.25) is 0 Å². The highest BCUT2D eigenvalue weighted by molar-refractivity contribution is 9.10. The van der Waals surface area contributed by atoms with Crippen molar-refractivity contribution >= 4 is 38.3 Å². The average molecular weight is 384 g/mol. The Morgan fingerprint density at radius 1 is 0.696 bits per heavy atom. The van der Waals surface area contributed by atoms with E-state index in [0.717, 1.165) is 37.9 Å². The lowest BCUT2D eigenvalue weighted by atomic mass is 10.0. The third kappa shape index (κ3) is 2.58. The van der Waals surface area contributed by atoms with Gasteiger partial charge in [-0.25, -0.2) is 0 Å². The SMILES string of the molecule is Clc1cc2c(-c3ccccc3)oc(-c3ccccc3)c2cc1Br. The molecule has 0 unspecified atom stereocenters. The lowest BCUT2D eigenvalue weighted by molar-refractivity contribution is 0.602. The van der Waals surface area contributed by atoms with Crippen LogP contribution in [0.3, 0.4) is 0 Å². The molecule has 0 fully saturated rings. The van der Waals surface area contributed by atoms with Gasteiger partial charge in [0, 0.05) is 26.4 Å². The van der Waals surface area contributed by atoms with Gasteiger partial charge in [-0.1, -0.05) is 72.3 Å². The highest BCUT2D eigenvalue weighted by atomic mass is 79.9. The van der Waals surface area contributed by atoms with Crippen molar-refractivity contribution in [2.75, 3.05) is 0 Å². The van der Waals surface area contributed by atoms with Crippen LogP contribution in [0.1, 0.15) is 0 Å². The highest BCUT2D eigenvalue weighted by Crippen LogP contribution is 2.42. The van der Waals surface area contributed by atoms with E-state index >= 15 is 0 Å². The third-order valence-corrected chi connectivity index (χ3v) is 5.02. The van der Waals surface area contributed by atoms with Gasteiger partial charge in [-0.2, -0.15) is 0 Å². The molecule has 0 atom stereocenters. The lowest BCUT2D eigenvalue weighted by Gasteiger charge is -1.99. The molecule has 0 radical (unpaired) electrons. The Hall–Kier alpha value is -2.03. The monoisotopic (exact) mass is 382 g/mol. The maximum absolute atomic E-state index is 6.31. The van der Waals surface area contributed by atoms with Crippen molar-refractivity contribution in [3.05, 3.63) is 82.3 Å². The molecule has 0 aliphatic heterocycles. The fourth-order valence-electron chi connectivity index (χ4n) is 2.74. The van der Waals surface area contributed by atoms with E-state index in [1.807, 2.05) is 60.7 Å². The number of benzene rings is 3. The largest absolute Gasteiger partial charge is 0.455 e. The number of fused-ring (bicyclic) bond motifs is 1. The molecule has 1 heterocycles. The second-order valence-corrected chi connectivity index (χ2v) is 6.57. The Morgan fingerprint density at radius 2 is 1.17 bits per heavy atom. The van der Waals surface area contributed by atoms with Gasteiger partial charge < -0.3 is 4.42 Å². The maximum Gasteiger partial charge on any atom is 0.142 e. The molecule has 0 saturated carbocycles. The number of hydrogen-bond acceptors (Lipinski definition) is 1. The van der Waals surface area contributed by atoms with Crippen molar-refractivity contribution in [2.24, 2.45) is 0 Å².